The summed E-state index contributed by atoms with van der Waals surface area (Å²) in [5.74, 6) is -4.30. The molecule has 2 bridgehead atoms. The van der Waals surface area contributed by atoms with E-state index in [9.17, 15) is 44.7 Å². The summed E-state index contributed by atoms with van der Waals surface area (Å²) in [6.07, 6.45) is -6.33. The van der Waals surface area contributed by atoms with Crippen LogP contribution in [-0.4, -0.2) is 116 Å². The van der Waals surface area contributed by atoms with Gasteiger partial charge in [0.1, 0.15) is 35.6 Å². The average Bonchev–Trinajstić information content (AvgIpc) is 2.99. The van der Waals surface area contributed by atoms with Gasteiger partial charge in [0, 0.05) is 31.1 Å². The van der Waals surface area contributed by atoms with Crippen LogP contribution in [0.2, 0.25) is 0 Å². The highest BCUT2D eigenvalue weighted by Gasteiger charge is 2.76. The Morgan fingerprint density at radius 3 is 2.23 bits per heavy atom. The maximum Gasteiger partial charge on any atom is 0.407 e. The molecule has 6 N–H and O–H groups in total. The Labute approximate surface area is 273 Å². The first-order valence-corrected chi connectivity index (χ1v) is 16.5. The van der Waals surface area contributed by atoms with Crippen molar-refractivity contribution < 1.29 is 63.7 Å². The van der Waals surface area contributed by atoms with Crippen LogP contribution in [0.25, 0.3) is 0 Å². The van der Waals surface area contributed by atoms with E-state index in [1.807, 2.05) is 0 Å². The maximum absolute atomic E-state index is 14.3. The van der Waals surface area contributed by atoms with E-state index in [1.54, 1.807) is 13.8 Å². The Balaban J connectivity index is 1.49. The molecule has 4 aliphatic carbocycles. The Bertz CT molecular complexity index is 1330. The largest absolute Gasteiger partial charge is 0.459 e. The highest BCUT2D eigenvalue weighted by atomic mass is 16.6. The Hall–Kier alpha value is -2.62. The minimum atomic E-state index is -2.20. The lowest BCUT2D eigenvalue weighted by Gasteiger charge is -2.66. The molecule has 0 aromatic rings. The number of ketones is 1. The number of nitrogens with one attached hydrogen (secondary N) is 1. The molecule has 1 amide bonds. The van der Waals surface area contributed by atoms with Crippen LogP contribution in [0.3, 0.4) is 0 Å². The smallest absolute Gasteiger partial charge is 0.407 e. The van der Waals surface area contributed by atoms with E-state index >= 15 is 0 Å². The molecule has 5 rings (SSSR count). The Kier molecular flexibility index (Phi) is 9.39. The zero-order valence-corrected chi connectivity index (χ0v) is 27.9. The standard InChI is InChI=1S/C33H49NO13/c1-15-19(47-28(40)23(37)16(2)34-29(41)46-18-10-8-7-9-11-18)13-33(43)27(45-17(3)35)25-31(6,20(36)12-21-32(25,42)14-44-21)26(39)24(38)22(15)30(33,4)5/h16,18-21,23-25,27,36-38,42-43H,7-14H2,1-6H3,(H,34,41)/t16-,19?,20-,21+,23+,24+,25-,27-,31+,32-,33+/m0/s1. The first kappa shape index (κ1) is 35.7. The number of hydrogen-bond donors (Lipinski definition) is 6. The molecule has 0 spiro atoms. The van der Waals surface area contributed by atoms with Crippen molar-refractivity contribution in [2.75, 3.05) is 6.61 Å². The number of amides is 1. The van der Waals surface area contributed by atoms with Gasteiger partial charge in [0.15, 0.2) is 11.9 Å². The van der Waals surface area contributed by atoms with Gasteiger partial charge in [-0.2, -0.15) is 0 Å². The minimum absolute atomic E-state index is 0.00577. The van der Waals surface area contributed by atoms with Crippen LogP contribution in [0.15, 0.2) is 11.1 Å². The molecule has 0 aromatic heterocycles. The Morgan fingerprint density at radius 1 is 1.02 bits per heavy atom. The zero-order valence-electron chi connectivity index (χ0n) is 27.9. The first-order valence-electron chi connectivity index (χ1n) is 16.5. The van der Waals surface area contributed by atoms with Gasteiger partial charge in [-0.05, 0) is 57.6 Å². The molecule has 47 heavy (non-hydrogen) atoms. The van der Waals surface area contributed by atoms with Crippen LogP contribution in [0.1, 0.15) is 86.5 Å². The number of ether oxygens (including phenoxy) is 4. The van der Waals surface area contributed by atoms with Crippen molar-refractivity contribution in [3.8, 4) is 0 Å². The molecule has 1 unspecified atom stereocenters. The molecule has 1 aliphatic heterocycles. The summed E-state index contributed by atoms with van der Waals surface area (Å²) in [4.78, 5) is 52.7. The summed E-state index contributed by atoms with van der Waals surface area (Å²) in [6, 6.07) is -1.13. The van der Waals surface area contributed by atoms with Crippen LogP contribution in [0.4, 0.5) is 4.79 Å². The second kappa shape index (κ2) is 12.4. The topological polar surface area (TPSA) is 218 Å². The van der Waals surface area contributed by atoms with Crippen LogP contribution >= 0.6 is 0 Å². The number of rotatable bonds is 6. The first-order chi connectivity index (χ1) is 21.8. The molecule has 0 aromatic carbocycles. The predicted molar refractivity (Wildman–Crippen MR) is 161 cm³/mol. The van der Waals surface area contributed by atoms with Crippen molar-refractivity contribution in [3.63, 3.8) is 0 Å². The fourth-order valence-electron chi connectivity index (χ4n) is 8.85. The molecule has 264 valence electrons. The maximum atomic E-state index is 14.3. The number of carbonyl (C=O) groups excluding carboxylic acids is 4. The number of hydrogen-bond acceptors (Lipinski definition) is 13. The van der Waals surface area contributed by atoms with E-state index in [0.717, 1.165) is 39.0 Å². The number of aliphatic hydroxyl groups excluding tert-OH is 3. The van der Waals surface area contributed by atoms with E-state index in [1.165, 1.54) is 20.8 Å². The molecule has 3 saturated carbocycles. The molecular formula is C33H49NO13. The highest BCUT2D eigenvalue weighted by molar-refractivity contribution is 5.93. The van der Waals surface area contributed by atoms with Gasteiger partial charge in [0.05, 0.1) is 30.3 Å². The molecule has 14 heteroatoms. The van der Waals surface area contributed by atoms with Crippen LogP contribution in [0, 0.1) is 16.7 Å². The molecule has 11 atom stereocenters. The van der Waals surface area contributed by atoms with E-state index in [2.05, 4.69) is 5.32 Å². The van der Waals surface area contributed by atoms with Gasteiger partial charge in [-0.3, -0.25) is 9.59 Å². The molecule has 4 fully saturated rings. The molecular weight excluding hydrogens is 618 g/mol. The highest BCUT2D eigenvalue weighted by Crippen LogP contribution is 2.63. The van der Waals surface area contributed by atoms with E-state index < -0.39 is 101 Å². The second-order valence-electron chi connectivity index (χ2n) is 14.9. The lowest BCUT2D eigenvalue weighted by molar-refractivity contribution is -0.345. The second-order valence-corrected chi connectivity index (χ2v) is 14.9. The number of aliphatic hydroxyl groups is 5. The fraction of sp³-hybridized carbons (Fsp3) is 0.818. The Morgan fingerprint density at radius 2 is 1.66 bits per heavy atom. The van der Waals surface area contributed by atoms with Crippen molar-refractivity contribution in [2.45, 2.75) is 146 Å². The summed E-state index contributed by atoms with van der Waals surface area (Å²) in [7, 11) is 0. The van der Waals surface area contributed by atoms with Crippen molar-refractivity contribution in [2.24, 2.45) is 16.7 Å². The molecule has 1 saturated heterocycles. The van der Waals surface area contributed by atoms with Gasteiger partial charge < -0.3 is 49.8 Å². The third-order valence-electron chi connectivity index (χ3n) is 11.8. The predicted octanol–water partition coefficient (Wildman–Crippen LogP) is 0.576. The number of fused-ring (bicyclic) bond motifs is 5. The summed E-state index contributed by atoms with van der Waals surface area (Å²) < 4.78 is 22.5. The zero-order chi connectivity index (χ0) is 34.9. The van der Waals surface area contributed by atoms with Gasteiger partial charge in [-0.25, -0.2) is 9.59 Å². The number of alkyl carbamates (subject to hydrolysis) is 1. The lowest BCUT2D eigenvalue weighted by Crippen LogP contribution is -2.81. The summed E-state index contributed by atoms with van der Waals surface area (Å²) in [5.41, 5.74) is -7.20. The molecule has 0 radical (unpaired) electrons. The molecule has 5 aliphatic rings. The van der Waals surface area contributed by atoms with Gasteiger partial charge >= 0.3 is 18.0 Å². The number of Topliss-reactive ketones (excluding diaryl/α,β-unsaturated/α-hetero) is 1. The van der Waals surface area contributed by atoms with Gasteiger partial charge in [-0.15, -0.1) is 0 Å². The third kappa shape index (κ3) is 5.58. The van der Waals surface area contributed by atoms with Crippen LogP contribution in [0.5, 0.6) is 0 Å². The third-order valence-corrected chi connectivity index (χ3v) is 11.8. The summed E-state index contributed by atoms with van der Waals surface area (Å²) in [5, 5.41) is 61.1. The summed E-state index contributed by atoms with van der Waals surface area (Å²) in [6.45, 7) is 8.23. The number of carbonyl (C=O) groups is 4. The van der Waals surface area contributed by atoms with Crippen LogP contribution in [-0.2, 0) is 33.3 Å². The van der Waals surface area contributed by atoms with Crippen molar-refractivity contribution in [1.29, 1.82) is 0 Å². The molecule has 1 heterocycles. The monoisotopic (exact) mass is 667 g/mol. The van der Waals surface area contributed by atoms with E-state index in [-0.39, 0.29) is 30.3 Å². The van der Waals surface area contributed by atoms with Crippen LogP contribution < -0.4 is 5.32 Å². The minimum Gasteiger partial charge on any atom is -0.459 e. The van der Waals surface area contributed by atoms with Crippen molar-refractivity contribution >= 4 is 23.8 Å². The van der Waals surface area contributed by atoms with Gasteiger partial charge in [0.2, 0.25) is 0 Å². The van der Waals surface area contributed by atoms with Crippen molar-refractivity contribution in [1.82, 2.24) is 5.32 Å². The average molecular weight is 668 g/mol. The number of esters is 2. The fourth-order valence-corrected chi connectivity index (χ4v) is 8.85. The van der Waals surface area contributed by atoms with Gasteiger partial charge in [0.25, 0.3) is 0 Å². The van der Waals surface area contributed by atoms with Crippen molar-refractivity contribution in [3.05, 3.63) is 11.1 Å². The molecule has 14 nitrogen and oxygen atoms in total. The lowest BCUT2D eigenvalue weighted by atomic mass is 9.45. The van der Waals surface area contributed by atoms with E-state index in [0.29, 0.717) is 0 Å². The normalized spacial score (nSPS) is 41.1. The SMILES string of the molecule is CC(=O)O[C@H]1[C@@H]2[C@]3(O)CO[C@@H]3C[C@H](O)[C@@]2(C)C(=O)[C@H](O)C2=C(C)C(OC(=O)[C@H](O)[C@H](C)NC(=O)OC3CCCCC3)C[C@]1(O)C2(C)C. The van der Waals surface area contributed by atoms with Gasteiger partial charge in [-0.1, -0.05) is 20.3 Å². The van der Waals surface area contributed by atoms with E-state index in [4.69, 9.17) is 18.9 Å². The summed E-state index contributed by atoms with van der Waals surface area (Å²) >= 11 is 0. The quantitative estimate of drug-likeness (QED) is 0.130.